The number of hydrogen-bond acceptors (Lipinski definition) is 8. The summed E-state index contributed by atoms with van der Waals surface area (Å²) in [6.07, 6.45) is 8.15. The van der Waals surface area contributed by atoms with Crippen LogP contribution in [0.4, 0.5) is 11.6 Å². The van der Waals surface area contributed by atoms with Crippen molar-refractivity contribution in [3.05, 3.63) is 24.1 Å². The Morgan fingerprint density at radius 2 is 1.81 bits per heavy atom. The van der Waals surface area contributed by atoms with E-state index in [0.29, 0.717) is 11.8 Å². The molecular weight excluding hydrogens is 344 g/mol. The Kier molecular flexibility index (Phi) is 4.43. The number of aromatic nitrogens is 4. The molecule has 2 aromatic rings. The second-order valence-electron chi connectivity index (χ2n) is 7.93. The maximum atomic E-state index is 9.58. The van der Waals surface area contributed by atoms with Crippen LogP contribution in [0.25, 0.3) is 0 Å². The fourth-order valence-corrected chi connectivity index (χ4v) is 4.27. The molecule has 144 valence electrons. The second-order valence-corrected chi connectivity index (χ2v) is 7.93. The van der Waals surface area contributed by atoms with Gasteiger partial charge in [-0.05, 0) is 38.5 Å². The number of nitrogens with zero attached hydrogens (tertiary/aromatic N) is 6. The van der Waals surface area contributed by atoms with Gasteiger partial charge in [0, 0.05) is 37.5 Å². The Balaban J connectivity index is 1.24. The van der Waals surface area contributed by atoms with Gasteiger partial charge in [0.1, 0.15) is 18.0 Å². The summed E-state index contributed by atoms with van der Waals surface area (Å²) >= 11 is 0. The van der Waals surface area contributed by atoms with Gasteiger partial charge >= 0.3 is 0 Å². The highest BCUT2D eigenvalue weighted by Crippen LogP contribution is 2.40. The van der Waals surface area contributed by atoms with Crippen molar-refractivity contribution >= 4 is 11.6 Å². The highest BCUT2D eigenvalue weighted by atomic mass is 16.5. The molecule has 8 nitrogen and oxygen atoms in total. The van der Waals surface area contributed by atoms with Crippen LogP contribution in [0.15, 0.2) is 16.9 Å². The van der Waals surface area contributed by atoms with Crippen molar-refractivity contribution in [1.29, 1.82) is 0 Å². The molecule has 27 heavy (non-hydrogen) atoms. The van der Waals surface area contributed by atoms with Crippen LogP contribution in [0.1, 0.15) is 62.1 Å². The van der Waals surface area contributed by atoms with E-state index in [9.17, 15) is 5.11 Å². The highest BCUT2D eigenvalue weighted by Gasteiger charge is 2.32. The van der Waals surface area contributed by atoms with E-state index in [1.54, 1.807) is 6.33 Å². The minimum Gasteiger partial charge on any atom is -0.394 e. The van der Waals surface area contributed by atoms with Gasteiger partial charge in [-0.15, -0.1) is 0 Å². The summed E-state index contributed by atoms with van der Waals surface area (Å²) in [5.74, 6) is 4.48. The minimum absolute atomic E-state index is 0.178. The summed E-state index contributed by atoms with van der Waals surface area (Å²) in [4.78, 5) is 18.1. The van der Waals surface area contributed by atoms with E-state index in [1.807, 2.05) is 0 Å². The summed E-state index contributed by atoms with van der Waals surface area (Å²) in [7, 11) is 0. The van der Waals surface area contributed by atoms with Gasteiger partial charge in [-0.3, -0.25) is 0 Å². The predicted molar refractivity (Wildman–Crippen MR) is 99.9 cm³/mol. The van der Waals surface area contributed by atoms with Crippen LogP contribution in [-0.2, 0) is 0 Å². The zero-order valence-corrected chi connectivity index (χ0v) is 15.5. The van der Waals surface area contributed by atoms with Gasteiger partial charge in [-0.25, -0.2) is 9.97 Å². The Hall–Kier alpha value is -2.22. The average Bonchev–Trinajstić information content (AvgIpc) is 3.27. The Morgan fingerprint density at radius 3 is 2.59 bits per heavy atom. The molecule has 1 N–H and O–H groups in total. The summed E-state index contributed by atoms with van der Waals surface area (Å²) in [6, 6.07) is 2.24. The Labute approximate surface area is 158 Å². The number of rotatable bonds is 5. The van der Waals surface area contributed by atoms with E-state index >= 15 is 0 Å². The monoisotopic (exact) mass is 370 g/mol. The first-order valence-electron chi connectivity index (χ1n) is 10.1. The van der Waals surface area contributed by atoms with Crippen LogP contribution < -0.4 is 9.80 Å². The molecule has 2 aromatic heterocycles. The van der Waals surface area contributed by atoms with Crippen LogP contribution in [0.2, 0.25) is 0 Å². The number of piperidine rings is 1. The fraction of sp³-hybridized carbons (Fsp3) is 0.684. The van der Waals surface area contributed by atoms with Crippen molar-refractivity contribution < 1.29 is 9.63 Å². The molecule has 2 saturated heterocycles. The third kappa shape index (κ3) is 3.38. The summed E-state index contributed by atoms with van der Waals surface area (Å²) in [5, 5.41) is 13.8. The zero-order chi connectivity index (χ0) is 18.2. The summed E-state index contributed by atoms with van der Waals surface area (Å²) in [6.45, 7) is 2.99. The molecule has 2 aliphatic heterocycles. The number of anilines is 2. The molecule has 0 bridgehead atoms. The predicted octanol–water partition coefficient (Wildman–Crippen LogP) is 2.08. The smallest absolute Gasteiger partial charge is 0.229 e. The normalized spacial score (nSPS) is 24.0. The Morgan fingerprint density at radius 1 is 1.00 bits per heavy atom. The molecule has 5 rings (SSSR count). The molecule has 0 spiro atoms. The first-order valence-corrected chi connectivity index (χ1v) is 10.1. The summed E-state index contributed by atoms with van der Waals surface area (Å²) < 4.78 is 5.43. The molecule has 3 aliphatic rings. The molecule has 4 heterocycles. The number of hydrogen-bond donors (Lipinski definition) is 1. The highest BCUT2D eigenvalue weighted by molar-refractivity contribution is 5.51. The van der Waals surface area contributed by atoms with Crippen LogP contribution in [0.5, 0.6) is 0 Å². The topological polar surface area (TPSA) is 91.4 Å². The molecule has 1 atom stereocenters. The van der Waals surface area contributed by atoms with E-state index in [1.165, 1.54) is 12.8 Å². The molecule has 3 fully saturated rings. The lowest BCUT2D eigenvalue weighted by Gasteiger charge is -2.32. The lowest BCUT2D eigenvalue weighted by Crippen LogP contribution is -2.35. The second kappa shape index (κ2) is 7.07. The minimum atomic E-state index is 0.178. The number of aliphatic hydroxyl groups excluding tert-OH is 1. The van der Waals surface area contributed by atoms with Crippen LogP contribution in [0, 0.1) is 0 Å². The number of aliphatic hydroxyl groups is 1. The lowest BCUT2D eigenvalue weighted by molar-refractivity contribution is 0.266. The van der Waals surface area contributed by atoms with E-state index in [-0.39, 0.29) is 12.6 Å². The third-order valence-corrected chi connectivity index (χ3v) is 6.09. The van der Waals surface area contributed by atoms with Gasteiger partial charge in [-0.2, -0.15) is 4.98 Å². The molecule has 0 aromatic carbocycles. The molecule has 8 heteroatoms. The first-order chi connectivity index (χ1) is 13.3. The van der Waals surface area contributed by atoms with Crippen molar-refractivity contribution in [3.8, 4) is 0 Å². The van der Waals surface area contributed by atoms with Crippen molar-refractivity contribution in [2.45, 2.75) is 56.4 Å². The van der Waals surface area contributed by atoms with Gasteiger partial charge in [0.05, 0.1) is 12.6 Å². The molecule has 0 radical (unpaired) electrons. The molecule has 0 amide bonds. The first kappa shape index (κ1) is 16.9. The van der Waals surface area contributed by atoms with Gasteiger partial charge in [0.25, 0.3) is 0 Å². The van der Waals surface area contributed by atoms with E-state index in [0.717, 1.165) is 68.7 Å². The van der Waals surface area contributed by atoms with Crippen LogP contribution >= 0.6 is 0 Å². The van der Waals surface area contributed by atoms with Crippen molar-refractivity contribution in [2.75, 3.05) is 36.0 Å². The van der Waals surface area contributed by atoms with Crippen molar-refractivity contribution in [2.24, 2.45) is 0 Å². The lowest BCUT2D eigenvalue weighted by atomic mass is 9.96. The van der Waals surface area contributed by atoms with E-state index < -0.39 is 0 Å². The van der Waals surface area contributed by atoms with Crippen molar-refractivity contribution in [3.63, 3.8) is 0 Å². The zero-order valence-electron chi connectivity index (χ0n) is 15.5. The summed E-state index contributed by atoms with van der Waals surface area (Å²) in [5.41, 5.74) is 0. The average molecular weight is 370 g/mol. The van der Waals surface area contributed by atoms with E-state index in [4.69, 9.17) is 4.52 Å². The molecule has 1 saturated carbocycles. The van der Waals surface area contributed by atoms with Gasteiger partial charge in [-0.1, -0.05) is 5.16 Å². The van der Waals surface area contributed by atoms with E-state index in [2.05, 4.69) is 36.0 Å². The van der Waals surface area contributed by atoms with Crippen molar-refractivity contribution in [1.82, 2.24) is 20.1 Å². The molecular formula is C19H26N6O2. The van der Waals surface area contributed by atoms with Crippen LogP contribution in [-0.4, -0.2) is 57.5 Å². The fourth-order valence-electron chi connectivity index (χ4n) is 4.27. The quantitative estimate of drug-likeness (QED) is 0.855. The van der Waals surface area contributed by atoms with Gasteiger partial charge in [0.15, 0.2) is 5.82 Å². The van der Waals surface area contributed by atoms with Gasteiger partial charge < -0.3 is 19.4 Å². The maximum Gasteiger partial charge on any atom is 0.229 e. The maximum absolute atomic E-state index is 9.58. The Bertz CT molecular complexity index is 784. The third-order valence-electron chi connectivity index (χ3n) is 6.09. The SMILES string of the molecule is OCC1CCCN1c1cc(N2CCC(c3noc(C4CC4)n3)CC2)ncn1. The molecule has 1 aliphatic carbocycles. The largest absolute Gasteiger partial charge is 0.394 e. The van der Waals surface area contributed by atoms with Gasteiger partial charge in [0.2, 0.25) is 5.89 Å². The van der Waals surface area contributed by atoms with Crippen LogP contribution in [0.3, 0.4) is 0 Å². The molecule has 1 unspecified atom stereocenters. The standard InChI is InChI=1S/C19H26N6O2/c26-11-15-2-1-7-25(15)17-10-16(20-12-21-17)24-8-5-13(6-9-24)18-22-19(27-23-18)14-3-4-14/h10,12-15,26H,1-9,11H2.